The number of halogens is 1. The predicted molar refractivity (Wildman–Crippen MR) is 68.6 cm³/mol. The Balaban J connectivity index is 2.29. The third-order valence-corrected chi connectivity index (χ3v) is 4.43. The van der Waals surface area contributed by atoms with E-state index in [0.29, 0.717) is 5.75 Å². The fourth-order valence-electron chi connectivity index (χ4n) is 0.947. The van der Waals surface area contributed by atoms with Crippen LogP contribution in [-0.4, -0.2) is 17.3 Å². The lowest BCUT2D eigenvalue weighted by atomic mass is 10.4. The Bertz CT molecular complexity index is 296. The molecule has 0 fully saturated rings. The van der Waals surface area contributed by atoms with Crippen molar-refractivity contribution < 1.29 is 4.79 Å². The normalized spacial score (nSPS) is 10.4. The van der Waals surface area contributed by atoms with Crippen LogP contribution in [0.1, 0.15) is 29.4 Å². The topological polar surface area (TPSA) is 17.1 Å². The maximum atomic E-state index is 11.6. The molecule has 0 aliphatic rings. The van der Waals surface area contributed by atoms with Gasteiger partial charge in [-0.15, -0.1) is 11.3 Å². The first-order valence-corrected chi connectivity index (χ1v) is 7.36. The van der Waals surface area contributed by atoms with Crippen molar-refractivity contribution in [1.29, 1.82) is 0 Å². The van der Waals surface area contributed by atoms with Crippen molar-refractivity contribution in [2.24, 2.45) is 0 Å². The molecule has 4 heteroatoms. The molecule has 0 saturated carbocycles. The van der Waals surface area contributed by atoms with Crippen LogP contribution in [0.4, 0.5) is 0 Å². The van der Waals surface area contributed by atoms with E-state index in [4.69, 9.17) is 0 Å². The molecule has 14 heavy (non-hydrogen) atoms. The number of hydrogen-bond acceptors (Lipinski definition) is 3. The minimum atomic E-state index is 0.252. The van der Waals surface area contributed by atoms with Gasteiger partial charge in [-0.25, -0.2) is 0 Å². The highest BCUT2D eigenvalue weighted by atomic mass is 79.9. The molecular weight excluding hydrogens is 280 g/mol. The molecule has 0 unspecified atom stereocenters. The van der Waals surface area contributed by atoms with Crippen molar-refractivity contribution in [1.82, 2.24) is 0 Å². The largest absolute Gasteiger partial charge is 0.292 e. The first-order valence-electron chi connectivity index (χ1n) is 4.60. The van der Waals surface area contributed by atoms with Crippen LogP contribution >= 0.6 is 39.0 Å². The molecule has 1 heterocycles. The van der Waals surface area contributed by atoms with E-state index in [1.807, 2.05) is 12.1 Å². The zero-order chi connectivity index (χ0) is 10.4. The second kappa shape index (κ2) is 6.64. The Hall–Kier alpha value is 0.200. The number of unbranched alkanes of at least 4 members (excludes halogenated alkanes) is 1. The van der Waals surface area contributed by atoms with E-state index in [-0.39, 0.29) is 5.78 Å². The number of carbonyl (C=O) groups is 1. The van der Waals surface area contributed by atoms with Gasteiger partial charge in [0, 0.05) is 0 Å². The number of ketones is 1. The molecule has 0 aliphatic heterocycles. The summed E-state index contributed by atoms with van der Waals surface area (Å²) < 4.78 is 1.03. The maximum absolute atomic E-state index is 11.6. The fraction of sp³-hybridized carbons (Fsp3) is 0.500. The van der Waals surface area contributed by atoms with E-state index in [9.17, 15) is 4.79 Å². The first kappa shape index (κ1) is 12.3. The maximum Gasteiger partial charge on any atom is 0.182 e. The second-order valence-electron chi connectivity index (χ2n) is 2.93. The van der Waals surface area contributed by atoms with Crippen molar-refractivity contribution in [2.75, 3.05) is 11.5 Å². The molecule has 1 rings (SSSR count). The molecule has 0 N–H and O–H groups in total. The molecular formula is C10H13BrOS2. The van der Waals surface area contributed by atoms with Gasteiger partial charge in [-0.3, -0.25) is 4.79 Å². The molecule has 1 aromatic rings. The quantitative estimate of drug-likeness (QED) is 0.577. The lowest BCUT2D eigenvalue weighted by Gasteiger charge is -1.97. The van der Waals surface area contributed by atoms with E-state index in [1.165, 1.54) is 24.2 Å². The number of Topliss-reactive ketones (excluding diaryl/α,β-unsaturated/α-hetero) is 1. The Morgan fingerprint density at radius 1 is 1.57 bits per heavy atom. The van der Waals surface area contributed by atoms with Crippen LogP contribution in [0.25, 0.3) is 0 Å². The molecule has 0 bridgehead atoms. The van der Waals surface area contributed by atoms with Gasteiger partial charge >= 0.3 is 0 Å². The first-order chi connectivity index (χ1) is 6.74. The van der Waals surface area contributed by atoms with Gasteiger partial charge in [0.2, 0.25) is 0 Å². The third kappa shape index (κ3) is 4.15. The summed E-state index contributed by atoms with van der Waals surface area (Å²) in [4.78, 5) is 12.5. The number of thioether (sulfide) groups is 1. The van der Waals surface area contributed by atoms with Gasteiger partial charge in [-0.2, -0.15) is 11.8 Å². The second-order valence-corrected chi connectivity index (χ2v) is 6.50. The van der Waals surface area contributed by atoms with Crippen molar-refractivity contribution in [2.45, 2.75) is 19.8 Å². The van der Waals surface area contributed by atoms with E-state index >= 15 is 0 Å². The molecule has 0 amide bonds. The zero-order valence-electron chi connectivity index (χ0n) is 8.09. The standard InChI is InChI=1S/C10H13BrOS2/c1-2-3-6-13-7-8(12)9-4-5-10(11)14-9/h4-5H,2-3,6-7H2,1H3. The van der Waals surface area contributed by atoms with Crippen molar-refractivity contribution in [3.8, 4) is 0 Å². The van der Waals surface area contributed by atoms with E-state index in [1.54, 1.807) is 11.8 Å². The van der Waals surface area contributed by atoms with Gasteiger partial charge in [0.15, 0.2) is 5.78 Å². The molecule has 0 saturated heterocycles. The summed E-state index contributed by atoms with van der Waals surface area (Å²) in [7, 11) is 0. The molecule has 78 valence electrons. The highest BCUT2D eigenvalue weighted by Gasteiger charge is 2.07. The summed E-state index contributed by atoms with van der Waals surface area (Å²) in [6.45, 7) is 2.17. The average molecular weight is 293 g/mol. The monoisotopic (exact) mass is 292 g/mol. The Labute approximate surface area is 101 Å². The minimum Gasteiger partial charge on any atom is -0.292 e. The molecule has 0 atom stereocenters. The van der Waals surface area contributed by atoms with Crippen LogP contribution in [0.5, 0.6) is 0 Å². The van der Waals surface area contributed by atoms with Crippen LogP contribution in [0.15, 0.2) is 15.9 Å². The summed E-state index contributed by atoms with van der Waals surface area (Å²) in [6.07, 6.45) is 2.40. The minimum absolute atomic E-state index is 0.252. The molecule has 0 aromatic carbocycles. The molecule has 1 nitrogen and oxygen atoms in total. The molecule has 1 aromatic heterocycles. The van der Waals surface area contributed by atoms with Crippen molar-refractivity contribution in [3.05, 3.63) is 20.8 Å². The molecule has 0 aliphatic carbocycles. The SMILES string of the molecule is CCCCSCC(=O)c1ccc(Br)s1. The van der Waals surface area contributed by atoms with E-state index in [0.717, 1.165) is 14.4 Å². The summed E-state index contributed by atoms with van der Waals surface area (Å²) in [5.74, 6) is 1.96. The molecule has 0 spiro atoms. The summed E-state index contributed by atoms with van der Waals surface area (Å²) in [5.41, 5.74) is 0. The van der Waals surface area contributed by atoms with Crippen LogP contribution in [0.3, 0.4) is 0 Å². The van der Waals surface area contributed by atoms with Crippen LogP contribution in [-0.2, 0) is 0 Å². The lowest BCUT2D eigenvalue weighted by molar-refractivity contribution is 0.102. The number of carbonyl (C=O) groups excluding carboxylic acids is 1. The summed E-state index contributed by atoms with van der Waals surface area (Å²) in [6, 6.07) is 3.81. The molecule has 0 radical (unpaired) electrons. The van der Waals surface area contributed by atoms with Gasteiger partial charge in [-0.1, -0.05) is 13.3 Å². The van der Waals surface area contributed by atoms with Gasteiger partial charge in [0.1, 0.15) is 0 Å². The fourth-order valence-corrected chi connectivity index (χ4v) is 3.34. The van der Waals surface area contributed by atoms with Gasteiger partial charge in [0.25, 0.3) is 0 Å². The highest BCUT2D eigenvalue weighted by molar-refractivity contribution is 9.11. The lowest BCUT2D eigenvalue weighted by Crippen LogP contribution is -1.99. The Kier molecular flexibility index (Phi) is 5.82. The smallest absolute Gasteiger partial charge is 0.182 e. The van der Waals surface area contributed by atoms with Crippen LogP contribution in [0.2, 0.25) is 0 Å². The van der Waals surface area contributed by atoms with Crippen LogP contribution in [0, 0.1) is 0 Å². The van der Waals surface area contributed by atoms with E-state index in [2.05, 4.69) is 22.9 Å². The zero-order valence-corrected chi connectivity index (χ0v) is 11.3. The highest BCUT2D eigenvalue weighted by Crippen LogP contribution is 2.23. The summed E-state index contributed by atoms with van der Waals surface area (Å²) >= 11 is 6.60. The summed E-state index contributed by atoms with van der Waals surface area (Å²) in [5, 5.41) is 0. The number of thiophene rings is 1. The Morgan fingerprint density at radius 3 is 2.93 bits per heavy atom. The predicted octanol–water partition coefficient (Wildman–Crippen LogP) is 4.23. The van der Waals surface area contributed by atoms with Crippen molar-refractivity contribution >= 4 is 44.8 Å². The third-order valence-electron chi connectivity index (χ3n) is 1.72. The van der Waals surface area contributed by atoms with Crippen LogP contribution < -0.4 is 0 Å². The average Bonchev–Trinajstić information content (AvgIpc) is 2.59. The van der Waals surface area contributed by atoms with Gasteiger partial charge < -0.3 is 0 Å². The van der Waals surface area contributed by atoms with Gasteiger partial charge in [0.05, 0.1) is 14.4 Å². The van der Waals surface area contributed by atoms with Crippen molar-refractivity contribution in [3.63, 3.8) is 0 Å². The Morgan fingerprint density at radius 2 is 2.36 bits per heavy atom. The number of rotatable bonds is 6. The van der Waals surface area contributed by atoms with Gasteiger partial charge in [-0.05, 0) is 40.2 Å². The number of hydrogen-bond donors (Lipinski definition) is 0. The van der Waals surface area contributed by atoms with E-state index < -0.39 is 0 Å².